The third-order valence-electron chi connectivity index (χ3n) is 2.43. The van der Waals surface area contributed by atoms with E-state index in [0.717, 1.165) is 0 Å². The van der Waals surface area contributed by atoms with E-state index in [9.17, 15) is 9.59 Å². The largest absolute Gasteiger partial charge is 0.422 e. The maximum absolute atomic E-state index is 11.9. The van der Waals surface area contributed by atoms with Gasteiger partial charge in [0, 0.05) is 21.8 Å². The number of aromatic nitrogens is 1. The number of esters is 1. The van der Waals surface area contributed by atoms with Crippen molar-refractivity contribution >= 4 is 56.7 Å². The number of halogens is 4. The Balaban J connectivity index is 2.19. The standard InChI is InChI=1S/C13H7BrCl3NO3/c14-7-1-2-11(19)18(5-7)6-12(20)21-13-9(16)3-8(15)4-10(13)17/h1-5H,6H2. The van der Waals surface area contributed by atoms with Crippen LogP contribution in [-0.2, 0) is 11.3 Å². The van der Waals surface area contributed by atoms with Crippen LogP contribution in [0.1, 0.15) is 0 Å². The van der Waals surface area contributed by atoms with Crippen molar-refractivity contribution in [3.05, 3.63) is 60.4 Å². The Labute approximate surface area is 143 Å². The van der Waals surface area contributed by atoms with Crippen LogP contribution in [0.15, 0.2) is 39.7 Å². The molecule has 0 aliphatic rings. The van der Waals surface area contributed by atoms with E-state index in [4.69, 9.17) is 39.5 Å². The summed E-state index contributed by atoms with van der Waals surface area (Å²) in [5.74, 6) is -0.669. The van der Waals surface area contributed by atoms with Crippen molar-refractivity contribution in [1.82, 2.24) is 4.57 Å². The van der Waals surface area contributed by atoms with Gasteiger partial charge in [-0.3, -0.25) is 4.79 Å². The lowest BCUT2D eigenvalue weighted by Gasteiger charge is -2.10. The molecule has 2 rings (SSSR count). The molecule has 0 fully saturated rings. The Morgan fingerprint density at radius 3 is 2.43 bits per heavy atom. The molecule has 1 aromatic heterocycles. The molecule has 2 aromatic rings. The fraction of sp³-hybridized carbons (Fsp3) is 0.0769. The topological polar surface area (TPSA) is 48.3 Å². The molecule has 0 bridgehead atoms. The van der Waals surface area contributed by atoms with E-state index in [0.29, 0.717) is 9.50 Å². The molecule has 0 amide bonds. The number of hydrogen-bond donors (Lipinski definition) is 0. The first-order valence-corrected chi connectivity index (χ1v) is 7.50. The number of carbonyl (C=O) groups excluding carboxylic acids is 1. The molecule has 0 atom stereocenters. The van der Waals surface area contributed by atoms with Crippen molar-refractivity contribution in [2.75, 3.05) is 0 Å². The average molecular weight is 411 g/mol. The van der Waals surface area contributed by atoms with E-state index in [1.165, 1.54) is 29.0 Å². The Morgan fingerprint density at radius 1 is 1.19 bits per heavy atom. The van der Waals surface area contributed by atoms with Crippen LogP contribution in [0.5, 0.6) is 5.75 Å². The van der Waals surface area contributed by atoms with Crippen molar-refractivity contribution < 1.29 is 9.53 Å². The molecule has 4 nitrogen and oxygen atoms in total. The lowest BCUT2D eigenvalue weighted by atomic mass is 10.3. The minimum atomic E-state index is -0.679. The Hall–Kier alpha value is -1.01. The molecule has 1 aromatic carbocycles. The van der Waals surface area contributed by atoms with Gasteiger partial charge in [0.05, 0.1) is 10.0 Å². The number of pyridine rings is 1. The van der Waals surface area contributed by atoms with Crippen molar-refractivity contribution in [3.8, 4) is 5.75 Å². The zero-order valence-corrected chi connectivity index (χ0v) is 14.1. The molecule has 0 unspecified atom stereocenters. The van der Waals surface area contributed by atoms with Gasteiger partial charge < -0.3 is 9.30 Å². The lowest BCUT2D eigenvalue weighted by molar-refractivity contribution is -0.135. The summed E-state index contributed by atoms with van der Waals surface area (Å²) in [4.78, 5) is 23.5. The molecule has 21 heavy (non-hydrogen) atoms. The van der Waals surface area contributed by atoms with Crippen LogP contribution in [0.2, 0.25) is 15.1 Å². The molecule has 0 radical (unpaired) electrons. The molecular formula is C13H7BrCl3NO3. The molecule has 1 heterocycles. The predicted molar refractivity (Wildman–Crippen MR) is 85.5 cm³/mol. The van der Waals surface area contributed by atoms with E-state index < -0.39 is 5.97 Å². The van der Waals surface area contributed by atoms with Crippen LogP contribution in [0.25, 0.3) is 0 Å². The molecule has 0 spiro atoms. The highest BCUT2D eigenvalue weighted by atomic mass is 79.9. The van der Waals surface area contributed by atoms with Crippen LogP contribution in [0, 0.1) is 0 Å². The predicted octanol–water partition coefficient (Wildman–Crippen LogP) is 4.18. The van der Waals surface area contributed by atoms with E-state index in [2.05, 4.69) is 15.9 Å². The molecule has 0 aliphatic carbocycles. The number of ether oxygens (including phenoxy) is 1. The minimum Gasteiger partial charge on any atom is -0.422 e. The summed E-state index contributed by atoms with van der Waals surface area (Å²) < 4.78 is 6.96. The first-order valence-electron chi connectivity index (χ1n) is 5.58. The Bertz CT molecular complexity index is 738. The second-order valence-electron chi connectivity index (χ2n) is 3.99. The molecule has 0 N–H and O–H groups in total. The van der Waals surface area contributed by atoms with E-state index in [1.807, 2.05) is 0 Å². The van der Waals surface area contributed by atoms with Gasteiger partial charge in [-0.2, -0.15) is 0 Å². The van der Waals surface area contributed by atoms with Crippen LogP contribution >= 0.6 is 50.7 Å². The highest BCUT2D eigenvalue weighted by Crippen LogP contribution is 2.35. The van der Waals surface area contributed by atoms with E-state index >= 15 is 0 Å². The first-order chi connectivity index (χ1) is 9.86. The quantitative estimate of drug-likeness (QED) is 0.563. The smallest absolute Gasteiger partial charge is 0.331 e. The van der Waals surface area contributed by atoms with Crippen molar-refractivity contribution in [3.63, 3.8) is 0 Å². The number of carbonyl (C=O) groups is 1. The molecule has 110 valence electrons. The molecule has 0 saturated heterocycles. The monoisotopic (exact) mass is 409 g/mol. The van der Waals surface area contributed by atoms with Crippen molar-refractivity contribution in [1.29, 1.82) is 0 Å². The molecule has 0 saturated carbocycles. The second kappa shape index (κ2) is 6.83. The maximum atomic E-state index is 11.9. The van der Waals surface area contributed by atoms with Gasteiger partial charge in [0.25, 0.3) is 5.56 Å². The summed E-state index contributed by atoms with van der Waals surface area (Å²) in [6.07, 6.45) is 1.48. The Kier molecular flexibility index (Phi) is 5.32. The zero-order valence-electron chi connectivity index (χ0n) is 10.3. The number of rotatable bonds is 3. The SMILES string of the molecule is O=C(Cn1cc(Br)ccc1=O)Oc1c(Cl)cc(Cl)cc1Cl. The van der Waals surface area contributed by atoms with Gasteiger partial charge in [-0.05, 0) is 34.1 Å². The minimum absolute atomic E-state index is 0.00998. The number of nitrogens with zero attached hydrogens (tertiary/aromatic N) is 1. The van der Waals surface area contributed by atoms with Gasteiger partial charge in [0.2, 0.25) is 0 Å². The lowest BCUT2D eigenvalue weighted by Crippen LogP contribution is -2.25. The molecule has 8 heteroatoms. The fourth-order valence-electron chi connectivity index (χ4n) is 1.54. The van der Waals surface area contributed by atoms with Gasteiger partial charge in [-0.25, -0.2) is 4.79 Å². The third kappa shape index (κ3) is 4.23. The van der Waals surface area contributed by atoms with Crippen LogP contribution < -0.4 is 10.3 Å². The third-order valence-corrected chi connectivity index (χ3v) is 3.67. The normalized spacial score (nSPS) is 10.5. The zero-order chi connectivity index (χ0) is 15.6. The van der Waals surface area contributed by atoms with Crippen LogP contribution in [-0.4, -0.2) is 10.5 Å². The summed E-state index contributed by atoms with van der Waals surface area (Å²) in [6, 6.07) is 5.72. The highest BCUT2D eigenvalue weighted by Gasteiger charge is 2.14. The summed E-state index contributed by atoms with van der Waals surface area (Å²) in [6.45, 7) is -0.270. The second-order valence-corrected chi connectivity index (χ2v) is 6.15. The van der Waals surface area contributed by atoms with Gasteiger partial charge in [-0.1, -0.05) is 34.8 Å². The van der Waals surface area contributed by atoms with Gasteiger partial charge in [0.15, 0.2) is 5.75 Å². The van der Waals surface area contributed by atoms with Crippen LogP contribution in [0.3, 0.4) is 0 Å². The average Bonchev–Trinajstić information content (AvgIpc) is 2.38. The summed E-state index contributed by atoms with van der Waals surface area (Å²) in [7, 11) is 0. The highest BCUT2D eigenvalue weighted by molar-refractivity contribution is 9.10. The van der Waals surface area contributed by atoms with Gasteiger partial charge in [-0.15, -0.1) is 0 Å². The van der Waals surface area contributed by atoms with Crippen molar-refractivity contribution in [2.45, 2.75) is 6.54 Å². The summed E-state index contributed by atoms with van der Waals surface area (Å²) in [5.41, 5.74) is -0.330. The van der Waals surface area contributed by atoms with E-state index in [-0.39, 0.29) is 27.9 Å². The number of benzene rings is 1. The maximum Gasteiger partial charge on any atom is 0.331 e. The summed E-state index contributed by atoms with van der Waals surface area (Å²) >= 11 is 20.8. The fourth-order valence-corrected chi connectivity index (χ4v) is 2.81. The first kappa shape index (κ1) is 16.4. The molecular weight excluding hydrogens is 404 g/mol. The van der Waals surface area contributed by atoms with Crippen molar-refractivity contribution in [2.24, 2.45) is 0 Å². The van der Waals surface area contributed by atoms with Gasteiger partial charge >= 0.3 is 5.97 Å². The van der Waals surface area contributed by atoms with Crippen LogP contribution in [0.4, 0.5) is 0 Å². The molecule has 0 aliphatic heterocycles. The van der Waals surface area contributed by atoms with Gasteiger partial charge in [0.1, 0.15) is 6.54 Å². The summed E-state index contributed by atoms with van der Waals surface area (Å²) in [5, 5.41) is 0.554. The Morgan fingerprint density at radius 2 is 1.81 bits per heavy atom. The van der Waals surface area contributed by atoms with E-state index in [1.54, 1.807) is 6.07 Å². The number of hydrogen-bond acceptors (Lipinski definition) is 3.